The van der Waals surface area contributed by atoms with E-state index in [2.05, 4.69) is 46.9 Å². The van der Waals surface area contributed by atoms with Crippen LogP contribution in [0.5, 0.6) is 0 Å². The Morgan fingerprint density at radius 1 is 0.696 bits per heavy atom. The minimum atomic E-state index is -1.22. The van der Waals surface area contributed by atoms with Crippen molar-refractivity contribution in [2.24, 2.45) is 5.73 Å². The van der Waals surface area contributed by atoms with Gasteiger partial charge in [-0.3, -0.25) is 33.6 Å². The summed E-state index contributed by atoms with van der Waals surface area (Å²) in [6.07, 6.45) is 5.10. The second-order valence-electron chi connectivity index (χ2n) is 13.3. The number of thioether (sulfide) groups is 1. The Morgan fingerprint density at radius 3 is 2.05 bits per heavy atom. The molecule has 5 rings (SSSR count). The van der Waals surface area contributed by atoms with Crippen molar-refractivity contribution >= 4 is 63.2 Å². The Balaban J connectivity index is 1.47. The van der Waals surface area contributed by atoms with Crippen LogP contribution in [0.15, 0.2) is 73.3 Å². The van der Waals surface area contributed by atoms with Crippen LogP contribution >= 0.6 is 11.8 Å². The van der Waals surface area contributed by atoms with Crippen molar-refractivity contribution in [1.82, 2.24) is 46.9 Å². The van der Waals surface area contributed by atoms with Crippen molar-refractivity contribution in [2.75, 3.05) is 19.6 Å². The highest BCUT2D eigenvalue weighted by Crippen LogP contribution is 2.20. The van der Waals surface area contributed by atoms with Crippen LogP contribution in [-0.2, 0) is 52.8 Å². The first-order chi connectivity index (χ1) is 27.0. The first kappa shape index (κ1) is 41.2. The molecule has 3 heterocycles. The second-order valence-corrected chi connectivity index (χ2v) is 14.7. The highest BCUT2D eigenvalue weighted by Gasteiger charge is 2.33. The maximum absolute atomic E-state index is 14.1. The first-order valence-corrected chi connectivity index (χ1v) is 19.1. The zero-order valence-electron chi connectivity index (χ0n) is 30.8. The highest BCUT2D eigenvalue weighted by atomic mass is 32.2. The van der Waals surface area contributed by atoms with Crippen LogP contribution in [0.4, 0.5) is 0 Å². The average Bonchev–Trinajstić information content (AvgIpc) is 3.87. The minimum Gasteiger partial charge on any atom is -0.361 e. The monoisotopic (exact) mass is 786 g/mol. The van der Waals surface area contributed by atoms with Gasteiger partial charge in [-0.25, -0.2) is 4.98 Å². The number of fused-ring (bicyclic) bond motifs is 1. The Labute approximate surface area is 326 Å². The van der Waals surface area contributed by atoms with Gasteiger partial charge in [0.2, 0.25) is 40.6 Å². The Kier molecular flexibility index (Phi) is 14.7. The number of hydrogen-bond donors (Lipinski definition) is 9. The van der Waals surface area contributed by atoms with Gasteiger partial charge in [0.1, 0.15) is 24.2 Å². The van der Waals surface area contributed by atoms with E-state index in [0.717, 1.165) is 10.9 Å². The molecule has 0 bridgehead atoms. The Morgan fingerprint density at radius 2 is 1.34 bits per heavy atom. The van der Waals surface area contributed by atoms with Gasteiger partial charge in [0.15, 0.2) is 0 Å². The number of aromatic amines is 2. The molecule has 1 aliphatic rings. The van der Waals surface area contributed by atoms with Gasteiger partial charge >= 0.3 is 0 Å². The summed E-state index contributed by atoms with van der Waals surface area (Å²) in [7, 11) is 0. The SMILES string of the molecule is CC1SC(=O)CNC(=O)CNC(=O)[C@H](Cc2c[nH]c3ccccc23)NC(=O)[C@H](CCCN)NC(=O)[C@@H](Cc2ccccc2)NC(=O)[C@H](Cc2cnc[nH]2)NC1=O. The molecular weight excluding hydrogens is 741 g/mol. The fraction of sp³-hybridized carbons (Fsp3) is 0.368. The number of amides is 6. The molecule has 10 N–H and O–H groups in total. The molecule has 0 aliphatic carbocycles. The first-order valence-electron chi connectivity index (χ1n) is 18.2. The third-order valence-electron chi connectivity index (χ3n) is 9.12. The van der Waals surface area contributed by atoms with Gasteiger partial charge in [-0.05, 0) is 43.5 Å². The Bertz CT molecular complexity index is 2010. The second kappa shape index (κ2) is 20.1. The normalized spacial score (nSPS) is 22.5. The van der Waals surface area contributed by atoms with E-state index in [-0.39, 0.29) is 32.2 Å². The largest absolute Gasteiger partial charge is 0.361 e. The summed E-state index contributed by atoms with van der Waals surface area (Å²) in [5.41, 5.74) is 8.57. The molecule has 5 atom stereocenters. The van der Waals surface area contributed by atoms with E-state index in [1.54, 1.807) is 36.5 Å². The minimum absolute atomic E-state index is 0.0270. The molecule has 1 unspecified atom stereocenters. The predicted molar refractivity (Wildman–Crippen MR) is 209 cm³/mol. The zero-order chi connectivity index (χ0) is 40.0. The molecule has 1 aliphatic heterocycles. The van der Waals surface area contributed by atoms with Gasteiger partial charge in [-0.2, -0.15) is 0 Å². The van der Waals surface area contributed by atoms with Crippen molar-refractivity contribution in [3.8, 4) is 0 Å². The number of benzene rings is 2. The summed E-state index contributed by atoms with van der Waals surface area (Å²) >= 11 is 0.658. The number of aromatic nitrogens is 3. The van der Waals surface area contributed by atoms with Crippen LogP contribution in [0.25, 0.3) is 10.9 Å². The lowest BCUT2D eigenvalue weighted by molar-refractivity contribution is -0.134. The van der Waals surface area contributed by atoms with Crippen LogP contribution < -0.4 is 37.6 Å². The molecule has 56 heavy (non-hydrogen) atoms. The van der Waals surface area contributed by atoms with E-state index in [4.69, 9.17) is 5.73 Å². The van der Waals surface area contributed by atoms with Crippen molar-refractivity contribution < 1.29 is 33.6 Å². The smallest absolute Gasteiger partial charge is 0.243 e. The van der Waals surface area contributed by atoms with Crippen molar-refractivity contribution in [2.45, 2.75) is 68.4 Å². The maximum Gasteiger partial charge on any atom is 0.243 e. The fourth-order valence-corrected chi connectivity index (χ4v) is 6.85. The fourth-order valence-electron chi connectivity index (χ4n) is 6.13. The number of H-pyrrole nitrogens is 2. The van der Waals surface area contributed by atoms with Gasteiger partial charge in [0.05, 0.1) is 24.7 Å². The van der Waals surface area contributed by atoms with E-state index < -0.39 is 83.1 Å². The summed E-state index contributed by atoms with van der Waals surface area (Å²) in [5.74, 6) is -4.09. The van der Waals surface area contributed by atoms with Crippen LogP contribution in [0.3, 0.4) is 0 Å². The lowest BCUT2D eigenvalue weighted by Crippen LogP contribution is -2.59. The molecule has 18 heteroatoms. The third-order valence-corrected chi connectivity index (χ3v) is 10.1. The summed E-state index contributed by atoms with van der Waals surface area (Å²) < 4.78 is 0. The number of carbonyl (C=O) groups is 7. The molecule has 0 spiro atoms. The number of nitrogens with one attached hydrogen (secondary N) is 8. The van der Waals surface area contributed by atoms with E-state index in [1.165, 1.54) is 19.4 Å². The number of nitrogens with zero attached hydrogens (tertiary/aromatic N) is 1. The highest BCUT2D eigenvalue weighted by molar-refractivity contribution is 8.14. The third kappa shape index (κ3) is 11.7. The standard InChI is InChI=1S/C38H46N10O7S/c1-22-34(51)46-31(16-25-18-40-21-44-25)38(55)47-29(14-23-8-3-2-4-9-23)37(54)45-28(12-7-13-39)36(53)48-30(15-24-17-41-27-11-6-5-10-26(24)27)35(52)43-19-32(49)42-20-33(50)56-22/h2-6,8-11,17-18,21-22,28-31,41H,7,12-16,19-20,39H2,1H3,(H,40,44)(H,42,49)(H,43,52)(H,45,54)(H,46,51)(H,47,55)(H,48,53)/t22?,28-,29+,30-,31-/m0/s1. The number of rotatable bonds is 9. The number of para-hydroxylation sites is 1. The Hall–Kier alpha value is -6.01. The predicted octanol–water partition coefficient (Wildman–Crippen LogP) is -0.509. The number of hydrogen-bond acceptors (Lipinski definition) is 10. The van der Waals surface area contributed by atoms with Crippen LogP contribution in [-0.4, -0.2) is 105 Å². The van der Waals surface area contributed by atoms with Crippen LogP contribution in [0, 0.1) is 0 Å². The summed E-state index contributed by atoms with van der Waals surface area (Å²) in [6.45, 7) is 0.727. The quantitative estimate of drug-likeness (QED) is 0.105. The summed E-state index contributed by atoms with van der Waals surface area (Å²) in [5, 5.41) is 15.3. The number of imidazole rings is 1. The average molecular weight is 787 g/mol. The lowest BCUT2D eigenvalue weighted by Gasteiger charge is -2.27. The molecule has 2 aromatic heterocycles. The zero-order valence-corrected chi connectivity index (χ0v) is 31.6. The summed E-state index contributed by atoms with van der Waals surface area (Å²) in [6, 6.07) is 11.6. The lowest BCUT2D eigenvalue weighted by atomic mass is 10.0. The molecule has 6 amide bonds. The van der Waals surface area contributed by atoms with Gasteiger partial charge in [0, 0.05) is 48.3 Å². The van der Waals surface area contributed by atoms with Gasteiger partial charge in [-0.15, -0.1) is 0 Å². The molecule has 2 aromatic carbocycles. The molecule has 0 saturated carbocycles. The molecule has 1 fully saturated rings. The molecule has 296 valence electrons. The molecule has 4 aromatic rings. The topological polar surface area (TPSA) is 262 Å². The number of carbonyl (C=O) groups excluding carboxylic acids is 7. The van der Waals surface area contributed by atoms with Crippen molar-refractivity contribution in [3.05, 3.63) is 90.1 Å². The van der Waals surface area contributed by atoms with Gasteiger partial charge in [-0.1, -0.05) is 60.3 Å². The summed E-state index contributed by atoms with van der Waals surface area (Å²) in [4.78, 5) is 105. The molecule has 17 nitrogen and oxygen atoms in total. The molecule has 0 radical (unpaired) electrons. The van der Waals surface area contributed by atoms with E-state index in [1.807, 2.05) is 24.3 Å². The molecule has 1 saturated heterocycles. The van der Waals surface area contributed by atoms with Crippen molar-refractivity contribution in [3.63, 3.8) is 0 Å². The van der Waals surface area contributed by atoms with Gasteiger partial charge in [0.25, 0.3) is 0 Å². The van der Waals surface area contributed by atoms with Crippen LogP contribution in [0.1, 0.15) is 36.6 Å². The molecular formula is C38H46N10O7S. The van der Waals surface area contributed by atoms with E-state index in [0.29, 0.717) is 35.0 Å². The number of nitrogens with two attached hydrogens (primary N) is 1. The van der Waals surface area contributed by atoms with E-state index in [9.17, 15) is 33.6 Å². The maximum atomic E-state index is 14.1. The van der Waals surface area contributed by atoms with Crippen LogP contribution in [0.2, 0.25) is 0 Å². The van der Waals surface area contributed by atoms with E-state index >= 15 is 0 Å². The van der Waals surface area contributed by atoms with Crippen molar-refractivity contribution in [1.29, 1.82) is 0 Å². The van der Waals surface area contributed by atoms with Gasteiger partial charge < -0.3 is 47.6 Å².